The van der Waals surface area contributed by atoms with Gasteiger partial charge in [0, 0.05) is 21.1 Å². The van der Waals surface area contributed by atoms with Crippen molar-refractivity contribution in [1.82, 2.24) is 19.1 Å². The fourth-order valence-electron chi connectivity index (χ4n) is 1.87. The second-order valence-electron chi connectivity index (χ2n) is 4.35. The molecule has 0 bridgehead atoms. The van der Waals surface area contributed by atoms with E-state index in [9.17, 15) is 14.4 Å². The molecular formula is C10H14N6O3. The van der Waals surface area contributed by atoms with Gasteiger partial charge < -0.3 is 10.6 Å². The van der Waals surface area contributed by atoms with Crippen LogP contribution in [0.25, 0.3) is 11.2 Å². The fourth-order valence-corrected chi connectivity index (χ4v) is 1.87. The van der Waals surface area contributed by atoms with Gasteiger partial charge in [-0.25, -0.2) is 4.79 Å². The number of hydrogen-bond donors (Lipinski definition) is 2. The summed E-state index contributed by atoms with van der Waals surface area (Å²) in [5.41, 5.74) is 4.36. The van der Waals surface area contributed by atoms with Gasteiger partial charge in [0.05, 0.1) is 0 Å². The Morgan fingerprint density at radius 3 is 2.58 bits per heavy atom. The van der Waals surface area contributed by atoms with Gasteiger partial charge in [-0.15, -0.1) is 0 Å². The second kappa shape index (κ2) is 4.26. The molecule has 1 amide bonds. The molecule has 102 valence electrons. The molecular weight excluding hydrogens is 252 g/mol. The number of aromatic amines is 1. The Morgan fingerprint density at radius 1 is 1.42 bits per heavy atom. The van der Waals surface area contributed by atoms with Crippen LogP contribution in [0.4, 0.5) is 5.95 Å². The quantitative estimate of drug-likeness (QED) is 0.664. The largest absolute Gasteiger partial charge is 0.368 e. The molecule has 0 aliphatic heterocycles. The first-order chi connectivity index (χ1) is 8.82. The van der Waals surface area contributed by atoms with Crippen LogP contribution in [-0.4, -0.2) is 39.1 Å². The third-order valence-electron chi connectivity index (χ3n) is 2.70. The summed E-state index contributed by atoms with van der Waals surface area (Å²) in [7, 11) is 4.91. The number of fused-ring (bicyclic) bond motifs is 1. The number of hydrogen-bond acceptors (Lipinski definition) is 5. The Balaban J connectivity index is 2.94. The molecule has 2 heterocycles. The highest BCUT2D eigenvalue weighted by atomic mass is 16.2. The summed E-state index contributed by atoms with van der Waals surface area (Å²) >= 11 is 0. The maximum Gasteiger partial charge on any atom is 0.329 e. The van der Waals surface area contributed by atoms with Gasteiger partial charge in [-0.05, 0) is 0 Å². The van der Waals surface area contributed by atoms with Crippen LogP contribution in [0.15, 0.2) is 9.59 Å². The molecule has 9 heteroatoms. The Labute approximate surface area is 107 Å². The zero-order valence-corrected chi connectivity index (χ0v) is 10.8. The molecule has 19 heavy (non-hydrogen) atoms. The molecule has 0 radical (unpaired) electrons. The fraction of sp³-hybridized carbons (Fsp3) is 0.400. The van der Waals surface area contributed by atoms with E-state index in [4.69, 9.17) is 5.73 Å². The normalized spacial score (nSPS) is 10.9. The SMILES string of the molecule is CN(C)c1nc2c(c(=O)[nH]c(=O)n2C)n1CC(N)=O. The second-order valence-corrected chi connectivity index (χ2v) is 4.35. The third-order valence-corrected chi connectivity index (χ3v) is 2.70. The van der Waals surface area contributed by atoms with Crippen LogP contribution in [0.1, 0.15) is 0 Å². The average molecular weight is 266 g/mol. The molecule has 2 aromatic heterocycles. The molecule has 0 aliphatic rings. The van der Waals surface area contributed by atoms with Crippen molar-refractivity contribution in [3.63, 3.8) is 0 Å². The van der Waals surface area contributed by atoms with Crippen molar-refractivity contribution in [2.75, 3.05) is 19.0 Å². The standard InChI is InChI=1S/C10H14N6O3/c1-14(2)9-12-7-6(16(9)4-5(11)17)8(18)13-10(19)15(7)3/h4H2,1-3H3,(H2,11,17)(H,13,18,19). The van der Waals surface area contributed by atoms with Crippen LogP contribution in [0, 0.1) is 0 Å². The first-order valence-corrected chi connectivity index (χ1v) is 5.48. The number of nitrogens with one attached hydrogen (secondary N) is 1. The molecule has 0 fully saturated rings. The number of primary amides is 1. The predicted molar refractivity (Wildman–Crippen MR) is 69.1 cm³/mol. The smallest absolute Gasteiger partial charge is 0.329 e. The lowest BCUT2D eigenvalue weighted by molar-refractivity contribution is -0.118. The predicted octanol–water partition coefficient (Wildman–Crippen LogP) is -2.03. The Morgan fingerprint density at radius 2 is 2.05 bits per heavy atom. The van der Waals surface area contributed by atoms with Crippen molar-refractivity contribution < 1.29 is 4.79 Å². The van der Waals surface area contributed by atoms with Gasteiger partial charge in [-0.3, -0.25) is 23.7 Å². The van der Waals surface area contributed by atoms with Crippen LogP contribution in [0.2, 0.25) is 0 Å². The lowest BCUT2D eigenvalue weighted by Gasteiger charge is -2.12. The summed E-state index contributed by atoms with van der Waals surface area (Å²) in [6.45, 7) is -0.189. The van der Waals surface area contributed by atoms with E-state index in [1.807, 2.05) is 0 Å². The van der Waals surface area contributed by atoms with Gasteiger partial charge in [0.1, 0.15) is 6.54 Å². The zero-order valence-electron chi connectivity index (χ0n) is 10.8. The lowest BCUT2D eigenvalue weighted by Crippen LogP contribution is -2.30. The molecule has 0 aliphatic carbocycles. The lowest BCUT2D eigenvalue weighted by atomic mass is 10.5. The van der Waals surface area contributed by atoms with Crippen LogP contribution in [0.5, 0.6) is 0 Å². The molecule has 0 spiro atoms. The monoisotopic (exact) mass is 266 g/mol. The Kier molecular flexibility index (Phi) is 2.89. The average Bonchev–Trinajstić information content (AvgIpc) is 2.65. The van der Waals surface area contributed by atoms with Crippen molar-refractivity contribution >= 4 is 23.0 Å². The van der Waals surface area contributed by atoms with E-state index in [1.54, 1.807) is 19.0 Å². The third kappa shape index (κ3) is 1.98. The van der Waals surface area contributed by atoms with Crippen molar-refractivity contribution in [1.29, 1.82) is 0 Å². The maximum absolute atomic E-state index is 11.9. The molecule has 0 unspecified atom stereocenters. The van der Waals surface area contributed by atoms with E-state index in [0.29, 0.717) is 5.95 Å². The summed E-state index contributed by atoms with van der Waals surface area (Å²) in [6, 6.07) is 0. The molecule has 0 saturated carbocycles. The number of amides is 1. The van der Waals surface area contributed by atoms with E-state index < -0.39 is 17.2 Å². The topological polar surface area (TPSA) is 119 Å². The zero-order chi connectivity index (χ0) is 14.3. The highest BCUT2D eigenvalue weighted by molar-refractivity contribution is 5.80. The number of carbonyl (C=O) groups is 1. The van der Waals surface area contributed by atoms with Crippen molar-refractivity contribution in [2.45, 2.75) is 6.54 Å². The van der Waals surface area contributed by atoms with Gasteiger partial charge in [-0.2, -0.15) is 4.98 Å². The van der Waals surface area contributed by atoms with Crippen molar-refractivity contribution in [3.8, 4) is 0 Å². The molecule has 9 nitrogen and oxygen atoms in total. The molecule has 3 N–H and O–H groups in total. The first-order valence-electron chi connectivity index (χ1n) is 5.48. The first kappa shape index (κ1) is 12.9. The Bertz CT molecular complexity index is 766. The summed E-state index contributed by atoms with van der Waals surface area (Å²) in [6.07, 6.45) is 0. The van der Waals surface area contributed by atoms with E-state index in [0.717, 1.165) is 0 Å². The summed E-state index contributed by atoms with van der Waals surface area (Å²) in [4.78, 5) is 42.5. The number of rotatable bonds is 3. The van der Waals surface area contributed by atoms with Crippen LogP contribution in [-0.2, 0) is 18.4 Å². The number of anilines is 1. The number of imidazole rings is 1. The number of aryl methyl sites for hydroxylation is 1. The molecule has 0 saturated heterocycles. The van der Waals surface area contributed by atoms with Gasteiger partial charge in [-0.1, -0.05) is 0 Å². The minimum Gasteiger partial charge on any atom is -0.368 e. The van der Waals surface area contributed by atoms with Gasteiger partial charge in [0.15, 0.2) is 11.2 Å². The van der Waals surface area contributed by atoms with E-state index in [-0.39, 0.29) is 17.7 Å². The van der Waals surface area contributed by atoms with E-state index >= 15 is 0 Å². The number of H-pyrrole nitrogens is 1. The highest BCUT2D eigenvalue weighted by Gasteiger charge is 2.19. The van der Waals surface area contributed by atoms with Crippen LogP contribution in [0.3, 0.4) is 0 Å². The molecule has 0 aromatic carbocycles. The van der Waals surface area contributed by atoms with Gasteiger partial charge in [0.2, 0.25) is 11.9 Å². The van der Waals surface area contributed by atoms with Crippen LogP contribution >= 0.6 is 0 Å². The van der Waals surface area contributed by atoms with Crippen molar-refractivity contribution in [2.24, 2.45) is 12.8 Å². The van der Waals surface area contributed by atoms with Crippen LogP contribution < -0.4 is 21.9 Å². The summed E-state index contributed by atoms with van der Waals surface area (Å²) < 4.78 is 2.59. The van der Waals surface area contributed by atoms with Crippen molar-refractivity contribution in [3.05, 3.63) is 20.8 Å². The Hall–Kier alpha value is -2.58. The number of aromatic nitrogens is 4. The minimum atomic E-state index is -0.601. The number of nitrogens with two attached hydrogens (primary N) is 1. The number of nitrogens with zero attached hydrogens (tertiary/aromatic N) is 4. The van der Waals surface area contributed by atoms with E-state index in [2.05, 4.69) is 9.97 Å². The molecule has 2 rings (SSSR count). The minimum absolute atomic E-state index is 0.143. The van der Waals surface area contributed by atoms with E-state index in [1.165, 1.54) is 16.2 Å². The number of carbonyl (C=O) groups excluding carboxylic acids is 1. The summed E-state index contributed by atoms with van der Waals surface area (Å²) in [5, 5.41) is 0. The van der Waals surface area contributed by atoms with Gasteiger partial charge in [0.25, 0.3) is 5.56 Å². The summed E-state index contributed by atoms with van der Waals surface area (Å²) in [5.74, 6) is -0.226. The van der Waals surface area contributed by atoms with Gasteiger partial charge >= 0.3 is 5.69 Å². The highest BCUT2D eigenvalue weighted by Crippen LogP contribution is 2.16. The molecule has 0 atom stereocenters. The molecule has 2 aromatic rings. The maximum atomic E-state index is 11.9.